The molecule has 2 aliphatic heterocycles. The highest BCUT2D eigenvalue weighted by Gasteiger charge is 2.37. The van der Waals surface area contributed by atoms with Crippen molar-refractivity contribution in [3.05, 3.63) is 78.5 Å². The molecule has 9 nitrogen and oxygen atoms in total. The van der Waals surface area contributed by atoms with E-state index in [1.807, 2.05) is 17.2 Å². The van der Waals surface area contributed by atoms with Gasteiger partial charge in [-0.15, -0.1) is 0 Å². The number of carbonyl (C=O) groups excluding carboxylic acids is 2. The molecule has 3 aromatic rings. The number of piperidine rings is 2. The molecule has 2 saturated heterocycles. The second kappa shape index (κ2) is 13.5. The summed E-state index contributed by atoms with van der Waals surface area (Å²) in [7, 11) is 0. The second-order valence-electron chi connectivity index (χ2n) is 12.5. The number of hydrogen-bond donors (Lipinski definition) is 1. The monoisotopic (exact) mass is 759 g/mol. The number of nitrogens with zero attached hydrogens (tertiary/aromatic N) is 5. The van der Waals surface area contributed by atoms with Gasteiger partial charge in [-0.1, -0.05) is 27.5 Å². The Morgan fingerprint density at radius 2 is 1.60 bits per heavy atom. The van der Waals surface area contributed by atoms with Crippen LogP contribution in [0.15, 0.2) is 39.7 Å². The molecule has 2 amide bonds. The lowest BCUT2D eigenvalue weighted by atomic mass is 9.76. The molecular weight excluding hydrogens is 726 g/mol. The van der Waals surface area contributed by atoms with Gasteiger partial charge in [-0.25, -0.2) is 9.78 Å². The van der Waals surface area contributed by atoms with Gasteiger partial charge in [-0.05, 0) is 108 Å². The first-order chi connectivity index (χ1) is 21.6. The molecule has 0 saturated carbocycles. The molecule has 4 heterocycles. The number of fused-ring (bicyclic) bond motifs is 2. The molecule has 2 fully saturated rings. The summed E-state index contributed by atoms with van der Waals surface area (Å²) >= 11 is 13.9. The fraction of sp³-hybridized carbons (Fsp3) is 0.485. The van der Waals surface area contributed by atoms with E-state index in [2.05, 4.69) is 49.0 Å². The predicted molar refractivity (Wildman–Crippen MR) is 177 cm³/mol. The predicted octanol–water partition coefficient (Wildman–Crippen LogP) is 6.26. The molecule has 238 valence electrons. The van der Waals surface area contributed by atoms with Crippen molar-refractivity contribution in [3.8, 4) is 0 Å². The summed E-state index contributed by atoms with van der Waals surface area (Å²) < 4.78 is 3.41. The van der Waals surface area contributed by atoms with Gasteiger partial charge >= 0.3 is 5.97 Å². The van der Waals surface area contributed by atoms with Crippen LogP contribution in [0.4, 0.5) is 0 Å². The fourth-order valence-electron chi connectivity index (χ4n) is 7.40. The number of amides is 2. The van der Waals surface area contributed by atoms with E-state index in [4.69, 9.17) is 16.6 Å². The Balaban J connectivity index is 1.05. The average Bonchev–Trinajstić information content (AvgIpc) is 3.29. The number of likely N-dealkylation sites (tertiary alicyclic amines) is 2. The molecular formula is C33H36Br2ClN5O4. The summed E-state index contributed by atoms with van der Waals surface area (Å²) in [4.78, 5) is 50.7. The van der Waals surface area contributed by atoms with E-state index in [0.29, 0.717) is 31.1 Å². The average molecular weight is 762 g/mol. The van der Waals surface area contributed by atoms with E-state index in [1.165, 1.54) is 27.6 Å². The molecule has 12 heteroatoms. The van der Waals surface area contributed by atoms with Crippen molar-refractivity contribution in [2.24, 2.45) is 11.8 Å². The lowest BCUT2D eigenvalue weighted by molar-refractivity contribution is -0.135. The van der Waals surface area contributed by atoms with Crippen molar-refractivity contribution in [2.75, 3.05) is 26.2 Å². The Morgan fingerprint density at radius 1 is 0.933 bits per heavy atom. The maximum absolute atomic E-state index is 13.4. The van der Waals surface area contributed by atoms with Crippen LogP contribution in [0.25, 0.3) is 0 Å². The lowest BCUT2D eigenvalue weighted by Crippen LogP contribution is -2.43. The molecule has 0 radical (unpaired) electrons. The van der Waals surface area contributed by atoms with E-state index in [0.717, 1.165) is 71.3 Å². The summed E-state index contributed by atoms with van der Waals surface area (Å²) in [6, 6.07) is 6.28. The van der Waals surface area contributed by atoms with Gasteiger partial charge in [0.1, 0.15) is 6.54 Å². The van der Waals surface area contributed by atoms with Gasteiger partial charge < -0.3 is 19.5 Å². The third kappa shape index (κ3) is 6.86. The van der Waals surface area contributed by atoms with Gasteiger partial charge in [-0.2, -0.15) is 0 Å². The van der Waals surface area contributed by atoms with Crippen LogP contribution in [0.3, 0.4) is 0 Å². The summed E-state index contributed by atoms with van der Waals surface area (Å²) in [5.41, 5.74) is 5.37. The van der Waals surface area contributed by atoms with Gasteiger partial charge in [0, 0.05) is 58.7 Å². The number of benzene rings is 1. The SMILES string of the molecule is Cc1ncn(CC(=O)N2CCC(CC(=O)N3CCC([C@H]4c5ncc(Br)cc5CCc5cc(Cl)cc(Br)c54)CC3)CC2)c1C(=O)O. The lowest BCUT2D eigenvalue weighted by Gasteiger charge is -2.38. The molecule has 1 aliphatic carbocycles. The van der Waals surface area contributed by atoms with Crippen molar-refractivity contribution in [2.45, 2.75) is 64.3 Å². The number of carboxylic acid groups (broad SMARTS) is 1. The Labute approximate surface area is 284 Å². The Kier molecular flexibility index (Phi) is 9.68. The van der Waals surface area contributed by atoms with Crippen molar-refractivity contribution in [1.82, 2.24) is 24.3 Å². The highest BCUT2D eigenvalue weighted by atomic mass is 79.9. The first-order valence-electron chi connectivity index (χ1n) is 15.5. The van der Waals surface area contributed by atoms with Crippen LogP contribution in [0.5, 0.6) is 0 Å². The maximum Gasteiger partial charge on any atom is 0.354 e. The van der Waals surface area contributed by atoms with E-state index in [1.54, 1.807) is 11.8 Å². The first kappa shape index (κ1) is 32.2. The number of carbonyl (C=O) groups is 3. The largest absolute Gasteiger partial charge is 0.477 e. The molecule has 1 N–H and O–H groups in total. The minimum Gasteiger partial charge on any atom is -0.477 e. The Bertz CT molecular complexity index is 1630. The molecule has 6 rings (SSSR count). The van der Waals surface area contributed by atoms with Crippen LogP contribution in [0.1, 0.15) is 76.6 Å². The number of rotatable bonds is 6. The van der Waals surface area contributed by atoms with Crippen molar-refractivity contribution >= 4 is 61.2 Å². The third-order valence-corrected chi connectivity index (χ3v) is 11.0. The quantitative estimate of drug-likeness (QED) is 0.318. The number of hydrogen-bond acceptors (Lipinski definition) is 5. The van der Waals surface area contributed by atoms with Crippen LogP contribution in [0, 0.1) is 18.8 Å². The van der Waals surface area contributed by atoms with Crippen molar-refractivity contribution < 1.29 is 19.5 Å². The first-order valence-corrected chi connectivity index (χ1v) is 17.5. The number of carboxylic acids is 1. The topological polar surface area (TPSA) is 109 Å². The van der Waals surface area contributed by atoms with Crippen molar-refractivity contribution in [1.29, 1.82) is 0 Å². The smallest absolute Gasteiger partial charge is 0.354 e. The molecule has 1 aromatic carbocycles. The minimum atomic E-state index is -1.09. The third-order valence-electron chi connectivity index (χ3n) is 9.74. The second-order valence-corrected chi connectivity index (χ2v) is 14.7. The van der Waals surface area contributed by atoms with Crippen LogP contribution >= 0.6 is 43.5 Å². The molecule has 45 heavy (non-hydrogen) atoms. The Morgan fingerprint density at radius 3 is 2.31 bits per heavy atom. The van der Waals surface area contributed by atoms with Gasteiger partial charge in [0.05, 0.1) is 17.7 Å². The van der Waals surface area contributed by atoms with Gasteiger partial charge in [0.25, 0.3) is 0 Å². The summed E-state index contributed by atoms with van der Waals surface area (Å²) in [5, 5.41) is 10.2. The van der Waals surface area contributed by atoms with Crippen molar-refractivity contribution in [3.63, 3.8) is 0 Å². The number of pyridine rings is 1. The summed E-state index contributed by atoms with van der Waals surface area (Å²) in [5.74, 6) is -0.312. The van der Waals surface area contributed by atoms with E-state index in [9.17, 15) is 19.5 Å². The van der Waals surface area contributed by atoms with E-state index in [-0.39, 0.29) is 35.9 Å². The maximum atomic E-state index is 13.4. The summed E-state index contributed by atoms with van der Waals surface area (Å²) in [6.07, 6.45) is 8.93. The zero-order valence-electron chi connectivity index (χ0n) is 25.1. The van der Waals surface area contributed by atoms with E-state index >= 15 is 0 Å². The van der Waals surface area contributed by atoms with Crippen LogP contribution in [0.2, 0.25) is 5.02 Å². The number of halogens is 3. The summed E-state index contributed by atoms with van der Waals surface area (Å²) in [6.45, 7) is 4.15. The van der Waals surface area contributed by atoms with Gasteiger partial charge in [0.2, 0.25) is 11.8 Å². The van der Waals surface area contributed by atoms with E-state index < -0.39 is 5.97 Å². The number of imidazole rings is 1. The molecule has 0 bridgehead atoms. The molecule has 0 spiro atoms. The number of aromatic nitrogens is 3. The molecule has 3 aliphatic rings. The normalized spacial score (nSPS) is 19.2. The minimum absolute atomic E-state index is 0.0430. The zero-order valence-corrected chi connectivity index (χ0v) is 29.1. The molecule has 2 aromatic heterocycles. The van der Waals surface area contributed by atoms with Crippen LogP contribution in [-0.2, 0) is 29.0 Å². The highest BCUT2D eigenvalue weighted by molar-refractivity contribution is 9.10. The number of aromatic carboxylic acids is 1. The van der Waals surface area contributed by atoms with Gasteiger partial charge in [-0.3, -0.25) is 14.6 Å². The number of aryl methyl sites for hydroxylation is 3. The van der Waals surface area contributed by atoms with Crippen LogP contribution < -0.4 is 0 Å². The highest BCUT2D eigenvalue weighted by Crippen LogP contribution is 2.46. The van der Waals surface area contributed by atoms with Crippen LogP contribution in [-0.4, -0.2) is 73.4 Å². The standard InChI is InChI=1S/C33H36Br2ClN5O4/c1-19-32(33(44)45)41(18-38-19)17-28(43)40-8-4-20(5-9-40)12-27(42)39-10-6-21(7-11-39)30-29-22(14-25(36)15-26(29)35)2-3-23-13-24(34)16-37-31(23)30/h13-16,18,20-21,30H,2-12,17H2,1H3,(H,44,45)/t30-/m1/s1. The molecule has 1 atom stereocenters. The Hall–Kier alpha value is -2.76. The fourth-order valence-corrected chi connectivity index (χ4v) is 8.90. The molecule has 0 unspecified atom stereocenters. The zero-order chi connectivity index (χ0) is 31.8. The van der Waals surface area contributed by atoms with Gasteiger partial charge in [0.15, 0.2) is 5.69 Å².